The second kappa shape index (κ2) is 10.5. The van der Waals surface area contributed by atoms with Crippen molar-refractivity contribution in [3.8, 4) is 6.07 Å². The lowest BCUT2D eigenvalue weighted by molar-refractivity contribution is -0.157. The third kappa shape index (κ3) is 4.80. The highest BCUT2D eigenvalue weighted by molar-refractivity contribution is 7.55. The van der Waals surface area contributed by atoms with E-state index in [1.54, 1.807) is 43.3 Å². The van der Waals surface area contributed by atoms with Crippen molar-refractivity contribution in [1.82, 2.24) is 14.6 Å². The van der Waals surface area contributed by atoms with Crippen LogP contribution in [0.4, 0.5) is 5.82 Å². The lowest BCUT2D eigenvalue weighted by atomic mass is 9.92. The summed E-state index contributed by atoms with van der Waals surface area (Å²) in [5, 5.41) is 14.6. The lowest BCUT2D eigenvalue weighted by Gasteiger charge is -2.29. The number of fused-ring (bicyclic) bond motifs is 2. The molecule has 2 saturated heterocycles. The Morgan fingerprint density at radius 2 is 2.13 bits per heavy atom. The van der Waals surface area contributed by atoms with E-state index < -0.39 is 44.0 Å². The Balaban J connectivity index is 1.44. The third-order valence-electron chi connectivity index (χ3n) is 6.28. The largest absolute Gasteiger partial charge is 0.573 e. The molecule has 3 N–H and O–H groups in total. The topological polar surface area (TPSA) is 190 Å². The number of hydrogen-bond acceptors (Lipinski definition) is 13. The Bertz CT molecular complexity index is 1460. The number of benzene rings is 1. The van der Waals surface area contributed by atoms with Gasteiger partial charge in [0.15, 0.2) is 18.0 Å². The van der Waals surface area contributed by atoms with Gasteiger partial charge in [-0.25, -0.2) is 14.3 Å². The molecule has 1 unspecified atom stereocenters. The van der Waals surface area contributed by atoms with E-state index in [1.165, 1.54) is 17.8 Å². The number of nitrogens with two attached hydrogens (primary N) is 1. The zero-order valence-corrected chi connectivity index (χ0v) is 21.8. The van der Waals surface area contributed by atoms with E-state index in [9.17, 15) is 19.7 Å². The summed E-state index contributed by atoms with van der Waals surface area (Å²) in [4.78, 5) is 39.6. The Morgan fingerprint density at radius 3 is 2.87 bits per heavy atom. The van der Waals surface area contributed by atoms with Gasteiger partial charge in [0.05, 0.1) is 17.9 Å². The Morgan fingerprint density at radius 1 is 1.33 bits per heavy atom. The Hall–Kier alpha value is -3.70. The minimum absolute atomic E-state index is 0.167. The quantitative estimate of drug-likeness (QED) is 0.316. The van der Waals surface area contributed by atoms with Crippen molar-refractivity contribution in [3.63, 3.8) is 0 Å². The number of carbonyl (C=O) groups excluding carboxylic acids is 2. The monoisotopic (exact) mass is 558 g/mol. The predicted octanol–water partition coefficient (Wildman–Crippen LogP) is 1.84. The lowest BCUT2D eigenvalue weighted by Crippen LogP contribution is -2.46. The number of carbonyl (C=O) groups is 2. The van der Waals surface area contributed by atoms with Crippen LogP contribution in [0, 0.1) is 11.3 Å². The van der Waals surface area contributed by atoms with E-state index in [1.807, 2.05) is 0 Å². The molecule has 2 aliphatic heterocycles. The molecular weight excluding hydrogens is 533 g/mol. The number of nitriles is 1. The number of nitrogen functional groups attached to an aromatic ring is 1. The van der Waals surface area contributed by atoms with Gasteiger partial charge in [-0.3, -0.25) is 4.79 Å². The second-order valence-corrected chi connectivity index (χ2v) is 10.3. The number of rotatable bonds is 7. The molecule has 5 atom stereocenters. The van der Waals surface area contributed by atoms with Crippen LogP contribution in [0.25, 0.3) is 5.52 Å². The van der Waals surface area contributed by atoms with Crippen molar-refractivity contribution in [2.75, 3.05) is 18.9 Å². The summed E-state index contributed by atoms with van der Waals surface area (Å²) in [6, 6.07) is 11.8. The predicted molar refractivity (Wildman–Crippen MR) is 132 cm³/mol. The van der Waals surface area contributed by atoms with Crippen LogP contribution in [0.5, 0.6) is 0 Å². The molecule has 3 aromatic rings. The van der Waals surface area contributed by atoms with Gasteiger partial charge in [-0.1, -0.05) is 18.2 Å². The molecule has 0 saturated carbocycles. The van der Waals surface area contributed by atoms with E-state index in [4.69, 9.17) is 33.5 Å². The smallest absolute Gasteiger partial charge is 0.462 e. The second-order valence-electron chi connectivity index (χ2n) is 8.68. The molecule has 204 valence electrons. The van der Waals surface area contributed by atoms with Crippen molar-refractivity contribution < 1.29 is 42.3 Å². The first-order chi connectivity index (χ1) is 18.7. The highest BCUT2D eigenvalue weighted by atomic mass is 31.2. The first-order valence-electron chi connectivity index (χ1n) is 11.9. The maximum atomic E-state index is 12.3. The summed E-state index contributed by atoms with van der Waals surface area (Å²) >= 11 is 0. The maximum Gasteiger partial charge on any atom is 0.573 e. The Labute approximate surface area is 222 Å². The zero-order valence-electron chi connectivity index (χ0n) is 20.9. The molecule has 0 aliphatic carbocycles. The zero-order chi connectivity index (χ0) is 27.8. The van der Waals surface area contributed by atoms with Crippen LogP contribution in [0.1, 0.15) is 35.5 Å². The van der Waals surface area contributed by atoms with E-state index in [0.29, 0.717) is 11.1 Å². The van der Waals surface area contributed by atoms with Gasteiger partial charge in [0.25, 0.3) is 0 Å². The molecule has 15 heteroatoms. The SMILES string of the molecule is CCOC(=O)c1ccccc1CO[P+]1(O)OC[C@H]2O[C@@](C#N)(c3ccc4c(N)ncnn34)[C@H](OC(C)=O)[C@@H]2O1. The van der Waals surface area contributed by atoms with Crippen LogP contribution in [0.3, 0.4) is 0 Å². The number of esters is 2. The van der Waals surface area contributed by atoms with E-state index >= 15 is 0 Å². The number of aromatic nitrogens is 3. The summed E-state index contributed by atoms with van der Waals surface area (Å²) < 4.78 is 35.2. The van der Waals surface area contributed by atoms with Crippen LogP contribution in [0.15, 0.2) is 42.7 Å². The highest BCUT2D eigenvalue weighted by Gasteiger charge is 2.69. The summed E-state index contributed by atoms with van der Waals surface area (Å²) in [6.07, 6.45) is -2.20. The molecule has 2 aliphatic rings. The number of nitrogens with zero attached hydrogens (tertiary/aromatic N) is 4. The third-order valence-corrected chi connectivity index (χ3v) is 7.72. The minimum Gasteiger partial charge on any atom is -0.462 e. The standard InChI is InChI=1S/C24H25N5O9P/c1-3-33-23(31)16-7-5-4-6-15(16)10-34-39(32)35-11-18-20(38-39)21(36-14(2)30)24(12-25,37-18)19-9-8-17-22(26)27-13-28-29(17)19/h4-9,13,18,20-21,32H,3,10-11H2,1-2H3,(H2,26,27,28)/q+1/t18-,20-,21-,24+,39?/m1/s1. The molecule has 0 bridgehead atoms. The van der Waals surface area contributed by atoms with Gasteiger partial charge < -0.3 is 19.9 Å². The number of ether oxygens (including phenoxy) is 3. The number of anilines is 1. The van der Waals surface area contributed by atoms with Crippen LogP contribution in [-0.4, -0.2) is 63.0 Å². The van der Waals surface area contributed by atoms with Crippen LogP contribution in [-0.2, 0) is 44.8 Å². The first-order valence-corrected chi connectivity index (χ1v) is 13.4. The van der Waals surface area contributed by atoms with Crippen LogP contribution >= 0.6 is 8.17 Å². The van der Waals surface area contributed by atoms with E-state index in [2.05, 4.69) is 16.2 Å². The van der Waals surface area contributed by atoms with Gasteiger partial charge in [0.1, 0.15) is 37.2 Å². The average Bonchev–Trinajstić information content (AvgIpc) is 3.48. The first kappa shape index (κ1) is 26.9. The van der Waals surface area contributed by atoms with Gasteiger partial charge >= 0.3 is 20.1 Å². The molecular formula is C24H25N5O9P+. The van der Waals surface area contributed by atoms with E-state index in [0.717, 1.165) is 0 Å². The fraction of sp³-hybridized carbons (Fsp3) is 0.375. The molecule has 0 radical (unpaired) electrons. The summed E-state index contributed by atoms with van der Waals surface area (Å²) in [5.41, 5.74) is 5.36. The fourth-order valence-corrected chi connectivity index (χ4v) is 5.98. The summed E-state index contributed by atoms with van der Waals surface area (Å²) in [5.74, 6) is -1.09. The molecule has 5 rings (SSSR count). The summed E-state index contributed by atoms with van der Waals surface area (Å²) in [7, 11) is -4.03. The van der Waals surface area contributed by atoms with Gasteiger partial charge in [0, 0.05) is 6.92 Å². The average molecular weight is 558 g/mol. The van der Waals surface area contributed by atoms with Gasteiger partial charge in [0.2, 0.25) is 5.60 Å². The van der Waals surface area contributed by atoms with Crippen LogP contribution < -0.4 is 5.73 Å². The molecule has 1 aromatic carbocycles. The molecule has 2 fully saturated rings. The van der Waals surface area contributed by atoms with Crippen molar-refractivity contribution in [2.45, 2.75) is 44.4 Å². The van der Waals surface area contributed by atoms with Gasteiger partial charge in [-0.2, -0.15) is 19.8 Å². The van der Waals surface area contributed by atoms with Crippen LogP contribution in [0.2, 0.25) is 0 Å². The van der Waals surface area contributed by atoms with Gasteiger partial charge in [-0.05, 0) is 30.7 Å². The van der Waals surface area contributed by atoms with Crippen molar-refractivity contribution in [3.05, 3.63) is 59.5 Å². The number of hydrogen-bond donors (Lipinski definition) is 2. The van der Waals surface area contributed by atoms with Crippen molar-refractivity contribution >= 4 is 31.4 Å². The Kier molecular flexibility index (Phi) is 7.21. The fourth-order valence-electron chi connectivity index (χ4n) is 4.59. The molecule has 0 amide bonds. The summed E-state index contributed by atoms with van der Waals surface area (Å²) in [6.45, 7) is 2.56. The molecule has 14 nitrogen and oxygen atoms in total. The van der Waals surface area contributed by atoms with Gasteiger partial charge in [-0.15, -0.1) is 9.05 Å². The minimum atomic E-state index is -4.03. The molecule has 4 heterocycles. The maximum absolute atomic E-state index is 12.3. The molecule has 39 heavy (non-hydrogen) atoms. The molecule has 0 spiro atoms. The van der Waals surface area contributed by atoms with Crippen molar-refractivity contribution in [1.29, 1.82) is 5.26 Å². The van der Waals surface area contributed by atoms with E-state index in [-0.39, 0.29) is 36.9 Å². The van der Waals surface area contributed by atoms with Crippen molar-refractivity contribution in [2.24, 2.45) is 0 Å². The normalized spacial score (nSPS) is 28.0. The molecule has 2 aromatic heterocycles. The highest BCUT2D eigenvalue weighted by Crippen LogP contribution is 2.65.